The SMILES string of the molecule is O=C1CCCN1CCCNc1nc(NC2CC2)c2ncn(-c3ccccc3)c2n1. The molecule has 1 saturated heterocycles. The topological polar surface area (TPSA) is 88.0 Å². The Kier molecular flexibility index (Phi) is 4.75. The number of fused-ring (bicyclic) bond motifs is 1. The van der Waals surface area contributed by atoms with E-state index < -0.39 is 0 Å². The van der Waals surface area contributed by atoms with Crippen LogP contribution in [0.25, 0.3) is 16.9 Å². The van der Waals surface area contributed by atoms with Gasteiger partial charge in [0.05, 0.1) is 0 Å². The summed E-state index contributed by atoms with van der Waals surface area (Å²) >= 11 is 0. The summed E-state index contributed by atoms with van der Waals surface area (Å²) in [4.78, 5) is 27.7. The molecule has 0 bridgehead atoms. The van der Waals surface area contributed by atoms with E-state index in [4.69, 9.17) is 4.98 Å². The third-order valence-corrected chi connectivity index (χ3v) is 5.41. The van der Waals surface area contributed by atoms with Crippen LogP contribution in [-0.4, -0.2) is 56.0 Å². The molecule has 3 aromatic rings. The number of aromatic nitrogens is 4. The number of nitrogens with zero attached hydrogens (tertiary/aromatic N) is 5. The maximum Gasteiger partial charge on any atom is 0.226 e. The van der Waals surface area contributed by atoms with Crippen LogP contribution in [0.15, 0.2) is 36.7 Å². The first kappa shape index (κ1) is 17.9. The summed E-state index contributed by atoms with van der Waals surface area (Å²) in [5, 5.41) is 6.82. The fourth-order valence-electron chi connectivity index (χ4n) is 3.69. The average molecular weight is 391 g/mol. The molecule has 1 amide bonds. The van der Waals surface area contributed by atoms with Crippen molar-refractivity contribution >= 4 is 28.8 Å². The van der Waals surface area contributed by atoms with E-state index in [0.29, 0.717) is 18.4 Å². The van der Waals surface area contributed by atoms with Gasteiger partial charge in [0.2, 0.25) is 11.9 Å². The van der Waals surface area contributed by atoms with Gasteiger partial charge in [0, 0.05) is 37.8 Å². The number of nitrogens with one attached hydrogen (secondary N) is 2. The van der Waals surface area contributed by atoms with E-state index in [-0.39, 0.29) is 5.91 Å². The maximum atomic E-state index is 11.7. The van der Waals surface area contributed by atoms with Crippen molar-refractivity contribution in [2.75, 3.05) is 30.3 Å². The second-order valence-corrected chi connectivity index (χ2v) is 7.70. The lowest BCUT2D eigenvalue weighted by atomic mass is 10.3. The summed E-state index contributed by atoms with van der Waals surface area (Å²) in [6, 6.07) is 10.6. The van der Waals surface area contributed by atoms with E-state index in [0.717, 1.165) is 68.0 Å². The molecule has 8 nitrogen and oxygen atoms in total. The molecule has 0 atom stereocenters. The van der Waals surface area contributed by atoms with Gasteiger partial charge in [0.25, 0.3) is 0 Å². The molecule has 2 aromatic heterocycles. The Balaban J connectivity index is 1.36. The van der Waals surface area contributed by atoms with E-state index >= 15 is 0 Å². The van der Waals surface area contributed by atoms with Gasteiger partial charge in [-0.05, 0) is 37.8 Å². The minimum absolute atomic E-state index is 0.269. The van der Waals surface area contributed by atoms with Crippen LogP contribution in [0.1, 0.15) is 32.1 Å². The molecule has 2 N–H and O–H groups in total. The first-order valence-electron chi connectivity index (χ1n) is 10.4. The third kappa shape index (κ3) is 3.87. The van der Waals surface area contributed by atoms with Crippen LogP contribution in [-0.2, 0) is 4.79 Å². The van der Waals surface area contributed by atoms with Gasteiger partial charge in [-0.15, -0.1) is 0 Å². The van der Waals surface area contributed by atoms with E-state index in [9.17, 15) is 4.79 Å². The number of rotatable bonds is 8. The predicted molar refractivity (Wildman–Crippen MR) is 112 cm³/mol. The van der Waals surface area contributed by atoms with Crippen molar-refractivity contribution in [3.8, 4) is 5.69 Å². The number of carbonyl (C=O) groups excluding carboxylic acids is 1. The minimum atomic E-state index is 0.269. The highest BCUT2D eigenvalue weighted by Gasteiger charge is 2.24. The number of carbonyl (C=O) groups is 1. The summed E-state index contributed by atoms with van der Waals surface area (Å²) in [5.41, 5.74) is 2.59. The monoisotopic (exact) mass is 391 g/mol. The van der Waals surface area contributed by atoms with Crippen molar-refractivity contribution in [2.45, 2.75) is 38.1 Å². The molecule has 1 aliphatic heterocycles. The van der Waals surface area contributed by atoms with Gasteiger partial charge in [-0.2, -0.15) is 9.97 Å². The first-order chi connectivity index (χ1) is 14.3. The largest absolute Gasteiger partial charge is 0.365 e. The Bertz CT molecular complexity index is 1010. The zero-order valence-corrected chi connectivity index (χ0v) is 16.3. The lowest BCUT2D eigenvalue weighted by molar-refractivity contribution is -0.127. The molecular formula is C21H25N7O. The molecule has 150 valence electrons. The Morgan fingerprint density at radius 1 is 1.14 bits per heavy atom. The summed E-state index contributed by atoms with van der Waals surface area (Å²) < 4.78 is 1.99. The van der Waals surface area contributed by atoms with Gasteiger partial charge in [-0.3, -0.25) is 9.36 Å². The number of anilines is 2. The van der Waals surface area contributed by atoms with Crippen LogP contribution in [0.4, 0.5) is 11.8 Å². The van der Waals surface area contributed by atoms with Crippen molar-refractivity contribution in [3.63, 3.8) is 0 Å². The molecule has 3 heterocycles. The summed E-state index contributed by atoms with van der Waals surface area (Å²) in [7, 11) is 0. The van der Waals surface area contributed by atoms with Crippen molar-refractivity contribution < 1.29 is 4.79 Å². The molecule has 8 heteroatoms. The molecule has 2 fully saturated rings. The molecular weight excluding hydrogens is 366 g/mol. The van der Waals surface area contributed by atoms with Crippen molar-refractivity contribution in [1.82, 2.24) is 24.4 Å². The lowest BCUT2D eigenvalue weighted by Crippen LogP contribution is -2.27. The Morgan fingerprint density at radius 2 is 2.00 bits per heavy atom. The van der Waals surface area contributed by atoms with Crippen LogP contribution in [0.5, 0.6) is 0 Å². The average Bonchev–Trinajstić information content (AvgIpc) is 3.30. The molecule has 29 heavy (non-hydrogen) atoms. The summed E-state index contributed by atoms with van der Waals surface area (Å²) in [5.74, 6) is 1.64. The highest BCUT2D eigenvalue weighted by molar-refractivity contribution is 5.85. The van der Waals surface area contributed by atoms with Crippen molar-refractivity contribution in [1.29, 1.82) is 0 Å². The number of hydrogen-bond donors (Lipinski definition) is 2. The van der Waals surface area contributed by atoms with Crippen LogP contribution in [0, 0.1) is 0 Å². The van der Waals surface area contributed by atoms with Gasteiger partial charge in [-0.25, -0.2) is 4.98 Å². The van der Waals surface area contributed by atoms with Crippen LogP contribution in [0.2, 0.25) is 0 Å². The quantitative estimate of drug-likeness (QED) is 0.574. The van der Waals surface area contributed by atoms with Crippen LogP contribution >= 0.6 is 0 Å². The highest BCUT2D eigenvalue weighted by Crippen LogP contribution is 2.29. The number of benzene rings is 1. The van der Waals surface area contributed by atoms with Crippen LogP contribution < -0.4 is 10.6 Å². The van der Waals surface area contributed by atoms with Crippen molar-refractivity contribution in [2.24, 2.45) is 0 Å². The van der Waals surface area contributed by atoms with E-state index in [2.05, 4.69) is 20.6 Å². The van der Waals surface area contributed by atoms with Gasteiger partial charge in [-0.1, -0.05) is 18.2 Å². The predicted octanol–water partition coefficient (Wildman–Crippen LogP) is 2.81. The second kappa shape index (κ2) is 7.69. The molecule has 1 saturated carbocycles. The van der Waals surface area contributed by atoms with Gasteiger partial charge >= 0.3 is 0 Å². The number of hydrogen-bond acceptors (Lipinski definition) is 6. The van der Waals surface area contributed by atoms with Gasteiger partial charge in [0.1, 0.15) is 6.33 Å². The normalized spacial score (nSPS) is 16.6. The molecule has 0 radical (unpaired) electrons. The molecule has 5 rings (SSSR count). The van der Waals surface area contributed by atoms with E-state index in [1.807, 2.05) is 39.8 Å². The Hall–Kier alpha value is -3.16. The molecule has 0 spiro atoms. The standard InChI is InChI=1S/C21H25N7O/c29-17-8-4-12-27(17)13-5-11-22-21-25-19(24-15-9-10-15)18-20(26-21)28(14-23-18)16-6-2-1-3-7-16/h1-3,6-7,14-15H,4-5,8-13H2,(H2,22,24,25,26). The zero-order chi connectivity index (χ0) is 19.6. The molecule has 0 unspecified atom stereocenters. The summed E-state index contributed by atoms with van der Waals surface area (Å²) in [6.45, 7) is 2.38. The van der Waals surface area contributed by atoms with E-state index in [1.54, 1.807) is 6.33 Å². The minimum Gasteiger partial charge on any atom is -0.365 e. The number of imidazole rings is 1. The lowest BCUT2D eigenvalue weighted by Gasteiger charge is -2.15. The third-order valence-electron chi connectivity index (χ3n) is 5.41. The van der Waals surface area contributed by atoms with Gasteiger partial charge in [0.15, 0.2) is 17.0 Å². The Morgan fingerprint density at radius 3 is 2.76 bits per heavy atom. The number of para-hydroxylation sites is 1. The zero-order valence-electron chi connectivity index (χ0n) is 16.3. The number of likely N-dealkylation sites (tertiary alicyclic amines) is 1. The van der Waals surface area contributed by atoms with Gasteiger partial charge < -0.3 is 15.5 Å². The molecule has 1 aliphatic carbocycles. The summed E-state index contributed by atoms with van der Waals surface area (Å²) in [6.07, 6.45) is 6.67. The smallest absolute Gasteiger partial charge is 0.226 e. The maximum absolute atomic E-state index is 11.7. The van der Waals surface area contributed by atoms with E-state index in [1.165, 1.54) is 0 Å². The number of amides is 1. The van der Waals surface area contributed by atoms with Crippen molar-refractivity contribution in [3.05, 3.63) is 36.7 Å². The van der Waals surface area contributed by atoms with Crippen LogP contribution in [0.3, 0.4) is 0 Å². The second-order valence-electron chi connectivity index (χ2n) is 7.70. The fourth-order valence-corrected chi connectivity index (χ4v) is 3.69. The fraction of sp³-hybridized carbons (Fsp3) is 0.429. The first-order valence-corrected chi connectivity index (χ1v) is 10.4. The molecule has 2 aliphatic rings. The Labute approximate surface area is 169 Å². The molecule has 1 aromatic carbocycles. The highest BCUT2D eigenvalue weighted by atomic mass is 16.2.